The van der Waals surface area contributed by atoms with Gasteiger partial charge < -0.3 is 5.32 Å². The Kier molecular flexibility index (Phi) is 4.81. The van der Waals surface area contributed by atoms with Gasteiger partial charge in [-0.1, -0.05) is 13.8 Å². The molecule has 1 N–H and O–H groups in total. The number of hydrogen-bond acceptors (Lipinski definition) is 2. The molecule has 1 heterocycles. The van der Waals surface area contributed by atoms with Crippen LogP contribution in [0, 0.1) is 19.8 Å². The lowest BCUT2D eigenvalue weighted by atomic mass is 10.1. The molecular weight excluding hydrogens is 202 g/mol. The van der Waals surface area contributed by atoms with Gasteiger partial charge in [0.05, 0.1) is 0 Å². The zero-order valence-corrected chi connectivity index (χ0v) is 11.4. The van der Waals surface area contributed by atoms with E-state index in [1.165, 1.54) is 21.7 Å². The van der Waals surface area contributed by atoms with Crippen LogP contribution in [-0.2, 0) is 6.54 Å². The molecule has 0 aromatic carbocycles. The van der Waals surface area contributed by atoms with E-state index in [1.54, 1.807) is 0 Å². The summed E-state index contributed by atoms with van der Waals surface area (Å²) in [5, 5.41) is 3.59. The molecule has 1 aromatic heterocycles. The largest absolute Gasteiger partial charge is 0.310 e. The van der Waals surface area contributed by atoms with Gasteiger partial charge in [-0.15, -0.1) is 11.3 Å². The molecule has 0 aliphatic rings. The average Bonchev–Trinajstić information content (AvgIpc) is 2.40. The highest BCUT2D eigenvalue weighted by atomic mass is 32.1. The third-order valence-corrected chi connectivity index (χ3v) is 3.62. The lowest BCUT2D eigenvalue weighted by molar-refractivity contribution is 0.441. The first-order valence-electron chi connectivity index (χ1n) is 5.78. The SMILES string of the molecule is Cc1cc(CNC(C)CC(C)C)c(C)s1. The molecule has 0 spiro atoms. The predicted octanol–water partition coefficient (Wildman–Crippen LogP) is 3.89. The Morgan fingerprint density at radius 2 is 1.93 bits per heavy atom. The standard InChI is InChI=1S/C13H23NS/c1-9(2)6-10(3)14-8-13-7-11(4)15-12(13)5/h7,9-10,14H,6,8H2,1-5H3. The van der Waals surface area contributed by atoms with E-state index in [0.29, 0.717) is 6.04 Å². The van der Waals surface area contributed by atoms with Gasteiger partial charge in [0, 0.05) is 22.3 Å². The molecule has 2 heteroatoms. The van der Waals surface area contributed by atoms with Crippen molar-refractivity contribution in [3.05, 3.63) is 21.4 Å². The summed E-state index contributed by atoms with van der Waals surface area (Å²) in [5.41, 5.74) is 1.47. The third kappa shape index (κ3) is 4.35. The van der Waals surface area contributed by atoms with Crippen molar-refractivity contribution in [2.75, 3.05) is 0 Å². The van der Waals surface area contributed by atoms with Gasteiger partial charge >= 0.3 is 0 Å². The molecule has 0 saturated carbocycles. The molecule has 0 aliphatic heterocycles. The quantitative estimate of drug-likeness (QED) is 0.801. The van der Waals surface area contributed by atoms with Crippen molar-refractivity contribution in [2.24, 2.45) is 5.92 Å². The summed E-state index contributed by atoms with van der Waals surface area (Å²) in [6.07, 6.45) is 1.25. The normalized spacial score (nSPS) is 13.5. The maximum Gasteiger partial charge on any atom is 0.0218 e. The molecule has 0 radical (unpaired) electrons. The lowest BCUT2D eigenvalue weighted by Gasteiger charge is -2.15. The summed E-state index contributed by atoms with van der Waals surface area (Å²) < 4.78 is 0. The maximum absolute atomic E-state index is 3.59. The van der Waals surface area contributed by atoms with Crippen molar-refractivity contribution < 1.29 is 0 Å². The first-order valence-corrected chi connectivity index (χ1v) is 6.60. The fraction of sp³-hybridized carbons (Fsp3) is 0.692. The predicted molar refractivity (Wildman–Crippen MR) is 69.5 cm³/mol. The van der Waals surface area contributed by atoms with Crippen molar-refractivity contribution in [2.45, 2.75) is 53.6 Å². The van der Waals surface area contributed by atoms with Crippen LogP contribution in [0.1, 0.15) is 42.5 Å². The van der Waals surface area contributed by atoms with E-state index in [4.69, 9.17) is 0 Å². The monoisotopic (exact) mass is 225 g/mol. The lowest BCUT2D eigenvalue weighted by Crippen LogP contribution is -2.26. The minimum absolute atomic E-state index is 0.615. The number of hydrogen-bond donors (Lipinski definition) is 1. The van der Waals surface area contributed by atoms with Crippen LogP contribution >= 0.6 is 11.3 Å². The van der Waals surface area contributed by atoms with Crippen molar-refractivity contribution in [1.29, 1.82) is 0 Å². The second kappa shape index (κ2) is 5.66. The fourth-order valence-electron chi connectivity index (χ4n) is 1.93. The van der Waals surface area contributed by atoms with E-state index >= 15 is 0 Å². The molecule has 0 bridgehead atoms. The Morgan fingerprint density at radius 1 is 1.27 bits per heavy atom. The second-order valence-corrected chi connectivity index (χ2v) is 6.31. The summed E-state index contributed by atoms with van der Waals surface area (Å²) in [7, 11) is 0. The van der Waals surface area contributed by atoms with Crippen LogP contribution in [0.25, 0.3) is 0 Å². The van der Waals surface area contributed by atoms with E-state index in [9.17, 15) is 0 Å². The number of rotatable bonds is 5. The van der Waals surface area contributed by atoms with Crippen LogP contribution in [0.5, 0.6) is 0 Å². The molecule has 0 aliphatic carbocycles. The highest BCUT2D eigenvalue weighted by Crippen LogP contribution is 2.20. The molecule has 15 heavy (non-hydrogen) atoms. The van der Waals surface area contributed by atoms with Gasteiger partial charge in [-0.05, 0) is 44.7 Å². The van der Waals surface area contributed by atoms with E-state index in [2.05, 4.69) is 46.0 Å². The van der Waals surface area contributed by atoms with Gasteiger partial charge in [-0.25, -0.2) is 0 Å². The number of nitrogens with one attached hydrogen (secondary N) is 1. The van der Waals surface area contributed by atoms with E-state index in [-0.39, 0.29) is 0 Å². The third-order valence-electron chi connectivity index (χ3n) is 2.61. The van der Waals surface area contributed by atoms with Gasteiger partial charge in [-0.2, -0.15) is 0 Å². The van der Waals surface area contributed by atoms with Gasteiger partial charge in [0.2, 0.25) is 0 Å². The Morgan fingerprint density at radius 3 is 2.40 bits per heavy atom. The smallest absolute Gasteiger partial charge is 0.0218 e. The van der Waals surface area contributed by atoms with Crippen LogP contribution in [0.15, 0.2) is 6.07 Å². The first kappa shape index (κ1) is 12.7. The average molecular weight is 225 g/mol. The number of aryl methyl sites for hydroxylation is 2. The second-order valence-electron chi connectivity index (χ2n) is 4.85. The minimum atomic E-state index is 0.615. The highest BCUT2D eigenvalue weighted by Gasteiger charge is 2.06. The van der Waals surface area contributed by atoms with Gasteiger partial charge in [0.15, 0.2) is 0 Å². The summed E-state index contributed by atoms with van der Waals surface area (Å²) in [6.45, 7) is 12.2. The van der Waals surface area contributed by atoms with Crippen LogP contribution < -0.4 is 5.32 Å². The van der Waals surface area contributed by atoms with Crippen molar-refractivity contribution in [3.63, 3.8) is 0 Å². The molecule has 1 nitrogen and oxygen atoms in total. The van der Waals surface area contributed by atoms with Crippen molar-refractivity contribution >= 4 is 11.3 Å². The molecule has 0 saturated heterocycles. The first-order chi connectivity index (χ1) is 6.99. The van der Waals surface area contributed by atoms with Gasteiger partial charge in [0.25, 0.3) is 0 Å². The van der Waals surface area contributed by atoms with Crippen LogP contribution in [0.2, 0.25) is 0 Å². The maximum atomic E-state index is 3.59. The molecule has 1 atom stereocenters. The van der Waals surface area contributed by atoms with Crippen LogP contribution in [0.3, 0.4) is 0 Å². The molecule has 1 aromatic rings. The fourth-order valence-corrected chi connectivity index (χ4v) is 2.88. The topological polar surface area (TPSA) is 12.0 Å². The molecular formula is C13H23NS. The highest BCUT2D eigenvalue weighted by molar-refractivity contribution is 7.12. The zero-order chi connectivity index (χ0) is 11.4. The zero-order valence-electron chi connectivity index (χ0n) is 10.6. The molecule has 0 amide bonds. The molecule has 1 rings (SSSR count). The molecule has 86 valence electrons. The van der Waals surface area contributed by atoms with Gasteiger partial charge in [-0.3, -0.25) is 0 Å². The number of thiophene rings is 1. The molecule has 0 fully saturated rings. The van der Waals surface area contributed by atoms with Crippen molar-refractivity contribution in [3.8, 4) is 0 Å². The Hall–Kier alpha value is -0.340. The summed E-state index contributed by atoms with van der Waals surface area (Å²) in [5.74, 6) is 0.776. The Labute approximate surface area is 97.9 Å². The summed E-state index contributed by atoms with van der Waals surface area (Å²) in [6, 6.07) is 2.92. The Balaban J connectivity index is 2.40. The van der Waals surface area contributed by atoms with E-state index in [1.807, 2.05) is 11.3 Å². The van der Waals surface area contributed by atoms with E-state index in [0.717, 1.165) is 12.5 Å². The van der Waals surface area contributed by atoms with Crippen LogP contribution in [0.4, 0.5) is 0 Å². The van der Waals surface area contributed by atoms with Crippen LogP contribution in [-0.4, -0.2) is 6.04 Å². The van der Waals surface area contributed by atoms with Gasteiger partial charge in [0.1, 0.15) is 0 Å². The molecule has 1 unspecified atom stereocenters. The minimum Gasteiger partial charge on any atom is -0.310 e. The Bertz CT molecular complexity index is 301. The van der Waals surface area contributed by atoms with Crippen molar-refractivity contribution in [1.82, 2.24) is 5.32 Å². The summed E-state index contributed by atoms with van der Waals surface area (Å²) >= 11 is 1.89. The summed E-state index contributed by atoms with van der Waals surface area (Å²) in [4.78, 5) is 2.87. The van der Waals surface area contributed by atoms with E-state index < -0.39 is 0 Å².